The predicted molar refractivity (Wildman–Crippen MR) is 51.4 cm³/mol. The Balaban J connectivity index is 2.67. The van der Waals surface area contributed by atoms with E-state index in [2.05, 4.69) is 18.3 Å². The van der Waals surface area contributed by atoms with Crippen molar-refractivity contribution in [3.63, 3.8) is 0 Å². The Morgan fingerprint density at radius 1 is 1.42 bits per heavy atom. The molecule has 2 nitrogen and oxygen atoms in total. The summed E-state index contributed by atoms with van der Waals surface area (Å²) in [6.45, 7) is 3.22. The summed E-state index contributed by atoms with van der Waals surface area (Å²) in [5.41, 5.74) is 2.31. The van der Waals surface area contributed by atoms with Crippen LogP contribution in [0.15, 0.2) is 24.3 Å². The Labute approximate surface area is 73.2 Å². The van der Waals surface area contributed by atoms with Gasteiger partial charge in [-0.2, -0.15) is 0 Å². The normalized spacial score (nSPS) is 9.83. The van der Waals surface area contributed by atoms with E-state index in [0.29, 0.717) is 0 Å². The molecule has 0 radical (unpaired) electrons. The minimum absolute atomic E-state index is 0.218. The highest BCUT2D eigenvalue weighted by Gasteiger charge is 1.93. The highest BCUT2D eigenvalue weighted by atomic mass is 16.2. The molecule has 0 unspecified atom stereocenters. The zero-order valence-electron chi connectivity index (χ0n) is 7.38. The average molecular weight is 165 g/mol. The van der Waals surface area contributed by atoms with Gasteiger partial charge in [0.1, 0.15) is 0 Å². The van der Waals surface area contributed by atoms with Crippen molar-refractivity contribution in [2.45, 2.75) is 13.3 Å². The maximum absolute atomic E-state index is 8.72. The van der Waals surface area contributed by atoms with E-state index in [0.717, 1.165) is 18.7 Å². The summed E-state index contributed by atoms with van der Waals surface area (Å²) < 4.78 is 0. The monoisotopic (exact) mass is 165 g/mol. The Morgan fingerprint density at radius 3 is 2.92 bits per heavy atom. The molecule has 12 heavy (non-hydrogen) atoms. The van der Waals surface area contributed by atoms with Crippen LogP contribution in [0.1, 0.15) is 12.5 Å². The molecule has 0 fully saturated rings. The first-order valence-electron chi connectivity index (χ1n) is 4.30. The van der Waals surface area contributed by atoms with Gasteiger partial charge in [0.15, 0.2) is 0 Å². The van der Waals surface area contributed by atoms with Crippen molar-refractivity contribution >= 4 is 5.69 Å². The van der Waals surface area contributed by atoms with Crippen LogP contribution in [0.25, 0.3) is 0 Å². The smallest absolute Gasteiger partial charge is 0.0471 e. The number of rotatable bonds is 4. The van der Waals surface area contributed by atoms with Gasteiger partial charge in [-0.1, -0.05) is 12.1 Å². The topological polar surface area (TPSA) is 32.3 Å². The second-order valence-electron chi connectivity index (χ2n) is 2.70. The Bertz CT molecular complexity index is 214. The van der Waals surface area contributed by atoms with Crippen LogP contribution in [0.2, 0.25) is 0 Å². The van der Waals surface area contributed by atoms with Gasteiger partial charge in [0, 0.05) is 18.8 Å². The molecule has 1 aromatic carbocycles. The second-order valence-corrected chi connectivity index (χ2v) is 2.70. The summed E-state index contributed by atoms with van der Waals surface area (Å²) in [5.74, 6) is 0. The molecule has 0 spiro atoms. The number of hydrogen-bond donors (Lipinski definition) is 2. The number of aliphatic hydroxyl groups is 1. The van der Waals surface area contributed by atoms with Crippen LogP contribution < -0.4 is 5.32 Å². The van der Waals surface area contributed by atoms with E-state index in [9.17, 15) is 0 Å². The van der Waals surface area contributed by atoms with Gasteiger partial charge in [-0.3, -0.25) is 0 Å². The van der Waals surface area contributed by atoms with E-state index < -0.39 is 0 Å². The van der Waals surface area contributed by atoms with Crippen molar-refractivity contribution < 1.29 is 5.11 Å². The first kappa shape index (κ1) is 9.07. The maximum Gasteiger partial charge on any atom is 0.0471 e. The third-order valence-corrected chi connectivity index (χ3v) is 1.71. The van der Waals surface area contributed by atoms with Crippen LogP contribution in [0.3, 0.4) is 0 Å². The molecule has 1 aromatic rings. The van der Waals surface area contributed by atoms with Crippen LogP contribution in [0, 0.1) is 0 Å². The van der Waals surface area contributed by atoms with Crippen LogP contribution in [-0.4, -0.2) is 18.3 Å². The van der Waals surface area contributed by atoms with Gasteiger partial charge in [-0.25, -0.2) is 0 Å². The maximum atomic E-state index is 8.72. The van der Waals surface area contributed by atoms with E-state index in [4.69, 9.17) is 5.11 Å². The fourth-order valence-electron chi connectivity index (χ4n) is 1.17. The lowest BCUT2D eigenvalue weighted by molar-refractivity contribution is 0.299. The van der Waals surface area contributed by atoms with E-state index >= 15 is 0 Å². The Kier molecular flexibility index (Phi) is 3.61. The van der Waals surface area contributed by atoms with Crippen molar-refractivity contribution in [3.05, 3.63) is 29.8 Å². The zero-order valence-corrected chi connectivity index (χ0v) is 7.38. The van der Waals surface area contributed by atoms with Gasteiger partial charge in [0.05, 0.1) is 0 Å². The molecule has 0 aliphatic carbocycles. The summed E-state index contributed by atoms with van der Waals surface area (Å²) in [6, 6.07) is 8.13. The molecule has 0 aliphatic rings. The summed E-state index contributed by atoms with van der Waals surface area (Å²) in [6.07, 6.45) is 0.735. The first-order valence-corrected chi connectivity index (χ1v) is 4.30. The molecule has 0 amide bonds. The van der Waals surface area contributed by atoms with Crippen molar-refractivity contribution in [3.8, 4) is 0 Å². The third kappa shape index (κ3) is 2.55. The number of anilines is 1. The quantitative estimate of drug-likeness (QED) is 0.711. The molecule has 0 bridgehead atoms. The first-order chi connectivity index (χ1) is 5.86. The molecule has 2 heteroatoms. The Morgan fingerprint density at radius 2 is 2.25 bits per heavy atom. The average Bonchev–Trinajstić information content (AvgIpc) is 2.06. The molecule has 0 aliphatic heterocycles. The molecule has 0 saturated carbocycles. The van der Waals surface area contributed by atoms with Gasteiger partial charge in [0.2, 0.25) is 0 Å². The highest BCUT2D eigenvalue weighted by molar-refractivity contribution is 5.45. The van der Waals surface area contributed by atoms with E-state index in [1.165, 1.54) is 5.56 Å². The van der Waals surface area contributed by atoms with E-state index in [1.54, 1.807) is 0 Å². The second kappa shape index (κ2) is 4.78. The summed E-state index contributed by atoms with van der Waals surface area (Å²) in [7, 11) is 0. The van der Waals surface area contributed by atoms with Gasteiger partial charge in [-0.15, -0.1) is 0 Å². The molecule has 0 saturated heterocycles. The number of hydrogen-bond acceptors (Lipinski definition) is 2. The van der Waals surface area contributed by atoms with Crippen LogP contribution in [0.5, 0.6) is 0 Å². The number of benzene rings is 1. The van der Waals surface area contributed by atoms with Crippen LogP contribution >= 0.6 is 0 Å². The molecular weight excluding hydrogens is 150 g/mol. The zero-order chi connectivity index (χ0) is 8.81. The lowest BCUT2D eigenvalue weighted by Crippen LogP contribution is -1.97. The van der Waals surface area contributed by atoms with E-state index in [1.807, 2.05) is 18.2 Å². The fraction of sp³-hybridized carbons (Fsp3) is 0.400. The van der Waals surface area contributed by atoms with Gasteiger partial charge >= 0.3 is 0 Å². The Hall–Kier alpha value is -1.02. The lowest BCUT2D eigenvalue weighted by Gasteiger charge is -2.04. The van der Waals surface area contributed by atoms with Crippen molar-refractivity contribution in [2.24, 2.45) is 0 Å². The van der Waals surface area contributed by atoms with Crippen molar-refractivity contribution in [2.75, 3.05) is 18.5 Å². The van der Waals surface area contributed by atoms with Crippen molar-refractivity contribution in [1.82, 2.24) is 0 Å². The molecule has 2 N–H and O–H groups in total. The van der Waals surface area contributed by atoms with Gasteiger partial charge in [0.25, 0.3) is 0 Å². The lowest BCUT2D eigenvalue weighted by atomic mass is 10.1. The SMILES string of the molecule is CCNc1cccc(CCO)c1. The summed E-state index contributed by atoms with van der Waals surface area (Å²) in [4.78, 5) is 0. The van der Waals surface area contributed by atoms with Gasteiger partial charge < -0.3 is 10.4 Å². The fourth-order valence-corrected chi connectivity index (χ4v) is 1.17. The highest BCUT2D eigenvalue weighted by Crippen LogP contribution is 2.10. The number of nitrogens with one attached hydrogen (secondary N) is 1. The largest absolute Gasteiger partial charge is 0.396 e. The third-order valence-electron chi connectivity index (χ3n) is 1.71. The van der Waals surface area contributed by atoms with Crippen molar-refractivity contribution in [1.29, 1.82) is 0 Å². The minimum atomic E-state index is 0.218. The molecule has 66 valence electrons. The molecular formula is C10H15NO. The minimum Gasteiger partial charge on any atom is -0.396 e. The molecule has 0 heterocycles. The standard InChI is InChI=1S/C10H15NO/c1-2-11-10-5-3-4-9(8-10)6-7-12/h3-5,8,11-12H,2,6-7H2,1H3. The van der Waals surface area contributed by atoms with Crippen LogP contribution in [0.4, 0.5) is 5.69 Å². The van der Waals surface area contributed by atoms with E-state index in [-0.39, 0.29) is 6.61 Å². The number of aliphatic hydroxyl groups excluding tert-OH is 1. The predicted octanol–water partition coefficient (Wildman–Crippen LogP) is 1.65. The summed E-state index contributed by atoms with van der Waals surface area (Å²) in [5, 5.41) is 11.9. The molecule has 0 atom stereocenters. The molecule has 1 rings (SSSR count). The van der Waals surface area contributed by atoms with Gasteiger partial charge in [-0.05, 0) is 31.0 Å². The van der Waals surface area contributed by atoms with Crippen LogP contribution in [-0.2, 0) is 6.42 Å². The molecule has 0 aromatic heterocycles. The summed E-state index contributed by atoms with van der Waals surface area (Å²) >= 11 is 0.